The highest BCUT2D eigenvalue weighted by Crippen LogP contribution is 2.48. The molecule has 0 spiro atoms. The molecule has 0 radical (unpaired) electrons. The summed E-state index contributed by atoms with van der Waals surface area (Å²) in [6.07, 6.45) is 16.6. The maximum atomic E-state index is 5.02. The zero-order valence-electron chi connectivity index (χ0n) is 16.2. The molecule has 0 saturated carbocycles. The fourth-order valence-electron chi connectivity index (χ4n) is 4.80. The van der Waals surface area contributed by atoms with Crippen molar-refractivity contribution in [3.63, 3.8) is 0 Å². The second-order valence-electron chi connectivity index (χ2n) is 7.57. The first kappa shape index (κ1) is 16.5. The number of fused-ring (bicyclic) bond motifs is 6. The third kappa shape index (κ3) is 2.18. The molecular weight excluding hydrogens is 366 g/mol. The van der Waals surface area contributed by atoms with Gasteiger partial charge in [0.25, 0.3) is 0 Å². The van der Waals surface area contributed by atoms with E-state index in [1.54, 1.807) is 12.5 Å². The molecule has 9 nitrogen and oxygen atoms in total. The Bertz CT molecular complexity index is 1150. The second-order valence-corrected chi connectivity index (χ2v) is 7.57. The van der Waals surface area contributed by atoms with Gasteiger partial charge in [0.1, 0.15) is 23.4 Å². The number of rotatable bonds is 3. The summed E-state index contributed by atoms with van der Waals surface area (Å²) < 4.78 is 3.99. The quantitative estimate of drug-likeness (QED) is 0.735. The van der Waals surface area contributed by atoms with Crippen LogP contribution in [0, 0.1) is 0 Å². The Morgan fingerprint density at radius 3 is 3.07 bits per heavy atom. The number of anilines is 1. The number of dihydropyridines is 1. The van der Waals surface area contributed by atoms with Gasteiger partial charge in [-0.1, -0.05) is 19.1 Å². The van der Waals surface area contributed by atoms with Crippen molar-refractivity contribution in [3.05, 3.63) is 54.9 Å². The lowest BCUT2D eigenvalue weighted by atomic mass is 9.90. The molecule has 0 aromatic carbocycles. The molecule has 6 rings (SSSR count). The van der Waals surface area contributed by atoms with E-state index in [1.165, 1.54) is 0 Å². The first-order valence-corrected chi connectivity index (χ1v) is 10.0. The number of imidazole rings is 1. The van der Waals surface area contributed by atoms with Crippen LogP contribution >= 0.6 is 0 Å². The molecule has 3 aliphatic rings. The van der Waals surface area contributed by atoms with Crippen molar-refractivity contribution >= 4 is 11.4 Å². The van der Waals surface area contributed by atoms with E-state index in [-0.39, 0.29) is 5.54 Å². The molecule has 146 valence electrons. The lowest BCUT2D eigenvalue weighted by Crippen LogP contribution is -2.46. The zero-order chi connectivity index (χ0) is 19.4. The minimum Gasteiger partial charge on any atom is -0.387 e. The van der Waals surface area contributed by atoms with E-state index < -0.39 is 0 Å². The number of hydrogen-bond donors (Lipinski definition) is 1. The first-order valence-electron chi connectivity index (χ1n) is 10.0. The van der Waals surface area contributed by atoms with Crippen molar-refractivity contribution in [2.45, 2.75) is 31.7 Å². The molecule has 29 heavy (non-hydrogen) atoms. The maximum absolute atomic E-state index is 5.02. The van der Waals surface area contributed by atoms with Crippen LogP contribution in [0.1, 0.15) is 37.8 Å². The first-order chi connectivity index (χ1) is 14.3. The van der Waals surface area contributed by atoms with Gasteiger partial charge in [0, 0.05) is 37.3 Å². The van der Waals surface area contributed by atoms with Gasteiger partial charge in [-0.25, -0.2) is 9.97 Å². The zero-order valence-corrected chi connectivity index (χ0v) is 16.2. The number of hydrogen-bond acceptors (Lipinski definition) is 7. The lowest BCUT2D eigenvalue weighted by molar-refractivity contribution is 0.382. The van der Waals surface area contributed by atoms with Gasteiger partial charge in [-0.2, -0.15) is 4.98 Å². The lowest BCUT2D eigenvalue weighted by Gasteiger charge is -2.42. The van der Waals surface area contributed by atoms with Crippen LogP contribution in [-0.2, 0) is 5.54 Å². The van der Waals surface area contributed by atoms with Crippen LogP contribution in [0.15, 0.2) is 43.3 Å². The van der Waals surface area contributed by atoms with Crippen molar-refractivity contribution in [2.24, 2.45) is 0 Å². The molecule has 3 aliphatic heterocycles. The average Bonchev–Trinajstić information content (AvgIpc) is 3.53. The molecule has 0 amide bonds. The fourth-order valence-corrected chi connectivity index (χ4v) is 4.80. The molecule has 1 saturated heterocycles. The molecule has 1 N–H and O–H groups in total. The predicted octanol–water partition coefficient (Wildman–Crippen LogP) is 1.96. The maximum Gasteiger partial charge on any atom is 0.237 e. The standard InChI is InChI=1S/C20H21N9/c1-2-20-6-4-9-29(20)17-15(28-13-24-26-18(20)28)12-23-19(25-17)27-10-8-22-16(27)14-5-3-7-21-11-14/h3,5,8,10-13,21H,2,4,6-7,9H2,1H3/t20-/m0/s1. The van der Waals surface area contributed by atoms with Crippen LogP contribution in [0.4, 0.5) is 5.82 Å². The molecule has 0 unspecified atom stereocenters. The normalized spacial score (nSPS) is 22.0. The van der Waals surface area contributed by atoms with E-state index in [0.717, 1.165) is 61.1 Å². The van der Waals surface area contributed by atoms with Crippen LogP contribution < -0.4 is 10.2 Å². The molecular formula is C20H21N9. The molecule has 3 aromatic heterocycles. The van der Waals surface area contributed by atoms with Crippen molar-refractivity contribution < 1.29 is 0 Å². The Kier molecular flexibility index (Phi) is 3.41. The molecule has 3 aromatic rings. The minimum atomic E-state index is -0.147. The third-order valence-corrected chi connectivity index (χ3v) is 6.20. The van der Waals surface area contributed by atoms with Crippen LogP contribution in [-0.4, -0.2) is 47.4 Å². The van der Waals surface area contributed by atoms with Gasteiger partial charge in [0.15, 0.2) is 11.6 Å². The summed E-state index contributed by atoms with van der Waals surface area (Å²) >= 11 is 0. The van der Waals surface area contributed by atoms with Crippen molar-refractivity contribution in [1.82, 2.24) is 39.6 Å². The minimum absolute atomic E-state index is 0.147. The molecule has 9 heteroatoms. The monoisotopic (exact) mass is 387 g/mol. The smallest absolute Gasteiger partial charge is 0.237 e. The van der Waals surface area contributed by atoms with Crippen LogP contribution in [0.2, 0.25) is 0 Å². The molecule has 0 bridgehead atoms. The molecule has 6 heterocycles. The van der Waals surface area contributed by atoms with Gasteiger partial charge in [-0.3, -0.25) is 9.13 Å². The van der Waals surface area contributed by atoms with Crippen molar-refractivity contribution in [1.29, 1.82) is 0 Å². The summed E-state index contributed by atoms with van der Waals surface area (Å²) in [4.78, 5) is 16.6. The van der Waals surface area contributed by atoms with Gasteiger partial charge in [0.2, 0.25) is 5.95 Å². The average molecular weight is 387 g/mol. The van der Waals surface area contributed by atoms with E-state index in [9.17, 15) is 0 Å². The number of allylic oxidation sites excluding steroid dienone is 2. The summed E-state index contributed by atoms with van der Waals surface area (Å²) in [5, 5.41) is 11.9. The number of nitrogens with one attached hydrogen (secondary N) is 1. The molecule has 0 aliphatic carbocycles. The highest BCUT2D eigenvalue weighted by molar-refractivity contribution is 5.71. The second kappa shape index (κ2) is 6.00. The summed E-state index contributed by atoms with van der Waals surface area (Å²) in [7, 11) is 0. The van der Waals surface area contributed by atoms with Crippen LogP contribution in [0.25, 0.3) is 17.2 Å². The number of aromatic nitrogens is 7. The topological polar surface area (TPSA) is 89.6 Å². The van der Waals surface area contributed by atoms with E-state index in [4.69, 9.17) is 4.98 Å². The van der Waals surface area contributed by atoms with Gasteiger partial charge in [0.05, 0.1) is 6.20 Å². The fraction of sp³-hybridized carbons (Fsp3) is 0.350. The Morgan fingerprint density at radius 2 is 2.21 bits per heavy atom. The van der Waals surface area contributed by atoms with Crippen molar-refractivity contribution in [3.8, 4) is 11.6 Å². The Morgan fingerprint density at radius 1 is 1.24 bits per heavy atom. The van der Waals surface area contributed by atoms with E-state index in [2.05, 4.69) is 54.0 Å². The largest absolute Gasteiger partial charge is 0.387 e. The summed E-state index contributed by atoms with van der Waals surface area (Å²) in [6, 6.07) is 0. The summed E-state index contributed by atoms with van der Waals surface area (Å²) in [5.41, 5.74) is 1.79. The van der Waals surface area contributed by atoms with E-state index in [1.807, 2.05) is 23.2 Å². The van der Waals surface area contributed by atoms with Gasteiger partial charge < -0.3 is 10.2 Å². The molecule has 1 atom stereocenters. The van der Waals surface area contributed by atoms with Crippen molar-refractivity contribution in [2.75, 3.05) is 18.0 Å². The summed E-state index contributed by atoms with van der Waals surface area (Å²) in [6.45, 7) is 4.00. The van der Waals surface area contributed by atoms with E-state index in [0.29, 0.717) is 5.95 Å². The highest BCUT2D eigenvalue weighted by Gasteiger charge is 2.49. The predicted molar refractivity (Wildman–Crippen MR) is 108 cm³/mol. The third-order valence-electron chi connectivity index (χ3n) is 6.20. The SMILES string of the molecule is CC[C@@]12CCCN1c1nc(-n3ccnc3C3=CNCC=C3)ncc1-n1cnnc12. The Hall–Kier alpha value is -3.49. The van der Waals surface area contributed by atoms with Gasteiger partial charge in [-0.05, 0) is 19.3 Å². The van der Waals surface area contributed by atoms with Crippen LogP contribution in [0.5, 0.6) is 0 Å². The highest BCUT2D eigenvalue weighted by atomic mass is 15.4. The van der Waals surface area contributed by atoms with E-state index >= 15 is 0 Å². The van der Waals surface area contributed by atoms with Gasteiger partial charge >= 0.3 is 0 Å². The van der Waals surface area contributed by atoms with Gasteiger partial charge in [-0.15, -0.1) is 10.2 Å². The molecule has 1 fully saturated rings. The Labute approximate surface area is 167 Å². The number of nitrogens with zero attached hydrogens (tertiary/aromatic N) is 8. The Balaban J connectivity index is 1.52. The van der Waals surface area contributed by atoms with Crippen LogP contribution in [0.3, 0.4) is 0 Å². The summed E-state index contributed by atoms with van der Waals surface area (Å²) in [5.74, 6) is 3.36.